The van der Waals surface area contributed by atoms with Crippen molar-refractivity contribution in [1.82, 2.24) is 19.7 Å². The van der Waals surface area contributed by atoms with E-state index in [9.17, 15) is 26.3 Å². The third-order valence-corrected chi connectivity index (χ3v) is 3.69. The summed E-state index contributed by atoms with van der Waals surface area (Å²) in [6.45, 7) is 1.76. The smallest absolute Gasteiger partial charge is 0.241 e. The zero-order valence-corrected chi connectivity index (χ0v) is 13.8. The lowest BCUT2D eigenvalue weighted by Gasteiger charge is -2.10. The molecule has 0 fully saturated rings. The van der Waals surface area contributed by atoms with E-state index in [0.29, 0.717) is 0 Å². The summed E-state index contributed by atoms with van der Waals surface area (Å²) in [5.74, 6) is 0.266. The quantitative estimate of drug-likeness (QED) is 0.618. The van der Waals surface area contributed by atoms with Gasteiger partial charge in [0.05, 0.1) is 23.4 Å². The van der Waals surface area contributed by atoms with Crippen LogP contribution in [0.5, 0.6) is 0 Å². The van der Waals surface area contributed by atoms with Gasteiger partial charge in [-0.25, -0.2) is 14.6 Å². The summed E-state index contributed by atoms with van der Waals surface area (Å²) in [7, 11) is 0. The van der Waals surface area contributed by atoms with Gasteiger partial charge in [0.2, 0.25) is 0 Å². The Hall–Kier alpha value is -2.91. The SMILES string of the molecule is Cc1cnc(Cc2cc(C(F)(F)F)nn2-c2ccc(C(F)(F)F)cc2)nc1. The van der Waals surface area contributed by atoms with E-state index >= 15 is 0 Å². The van der Waals surface area contributed by atoms with Crippen molar-refractivity contribution in [3.8, 4) is 5.69 Å². The van der Waals surface area contributed by atoms with Crippen LogP contribution >= 0.6 is 0 Å². The van der Waals surface area contributed by atoms with Gasteiger partial charge < -0.3 is 0 Å². The van der Waals surface area contributed by atoms with E-state index in [4.69, 9.17) is 0 Å². The number of aryl methyl sites for hydroxylation is 1. The Labute approximate surface area is 149 Å². The number of halogens is 6. The molecule has 0 aliphatic heterocycles. The first kappa shape index (κ1) is 18.9. The van der Waals surface area contributed by atoms with E-state index < -0.39 is 23.6 Å². The van der Waals surface area contributed by atoms with E-state index in [0.717, 1.165) is 40.6 Å². The van der Waals surface area contributed by atoms with Gasteiger partial charge in [-0.3, -0.25) is 0 Å². The first-order chi connectivity index (χ1) is 12.5. The predicted octanol–water partition coefficient (Wildman–Crippen LogP) is 4.60. The molecule has 0 radical (unpaired) electrons. The van der Waals surface area contributed by atoms with Crippen LogP contribution in [0.4, 0.5) is 26.3 Å². The molecule has 0 spiro atoms. The number of aromatic nitrogens is 4. The fourth-order valence-electron chi connectivity index (χ4n) is 2.37. The lowest BCUT2D eigenvalue weighted by Crippen LogP contribution is -2.09. The number of hydrogen-bond acceptors (Lipinski definition) is 3. The van der Waals surface area contributed by atoms with Crippen LogP contribution in [0.25, 0.3) is 5.69 Å². The maximum Gasteiger partial charge on any atom is 0.435 e. The zero-order chi connectivity index (χ0) is 19.8. The van der Waals surface area contributed by atoms with E-state index in [1.807, 2.05) is 0 Å². The second kappa shape index (κ2) is 6.67. The summed E-state index contributed by atoms with van der Waals surface area (Å²) < 4.78 is 78.2. The lowest BCUT2D eigenvalue weighted by atomic mass is 10.2. The van der Waals surface area contributed by atoms with Gasteiger partial charge in [0, 0.05) is 12.4 Å². The molecule has 0 N–H and O–H groups in total. The summed E-state index contributed by atoms with van der Waals surface area (Å²) >= 11 is 0. The van der Waals surface area contributed by atoms with Crippen LogP contribution in [0, 0.1) is 6.92 Å². The standard InChI is InChI=1S/C17H12F6N4/c1-10-8-24-15(25-9-10)7-13-6-14(17(21,22)23)26-27(13)12-4-2-11(3-5-12)16(18,19)20/h2-6,8-9H,7H2,1H3. The lowest BCUT2D eigenvalue weighted by molar-refractivity contribution is -0.141. The molecule has 2 heterocycles. The fraction of sp³-hybridized carbons (Fsp3) is 0.235. The highest BCUT2D eigenvalue weighted by molar-refractivity contribution is 5.38. The minimum Gasteiger partial charge on any atom is -0.241 e. The number of nitrogens with zero attached hydrogens (tertiary/aromatic N) is 4. The normalized spacial score (nSPS) is 12.4. The Bertz CT molecular complexity index is 924. The average molecular weight is 386 g/mol. The molecule has 0 unspecified atom stereocenters. The molecule has 0 saturated carbocycles. The molecule has 0 amide bonds. The van der Waals surface area contributed by atoms with Crippen LogP contribution in [-0.4, -0.2) is 19.7 Å². The Morgan fingerprint density at radius 2 is 1.48 bits per heavy atom. The summed E-state index contributed by atoms with van der Waals surface area (Å²) in [6, 6.07) is 4.54. The van der Waals surface area contributed by atoms with Gasteiger partial charge in [-0.15, -0.1) is 0 Å². The fourth-order valence-corrected chi connectivity index (χ4v) is 2.37. The van der Waals surface area contributed by atoms with Gasteiger partial charge in [0.1, 0.15) is 5.82 Å². The number of alkyl halides is 6. The van der Waals surface area contributed by atoms with Crippen LogP contribution in [0.15, 0.2) is 42.7 Å². The van der Waals surface area contributed by atoms with Crippen molar-refractivity contribution in [2.24, 2.45) is 0 Å². The highest BCUT2D eigenvalue weighted by Gasteiger charge is 2.35. The molecule has 0 bridgehead atoms. The Morgan fingerprint density at radius 3 is 2.00 bits per heavy atom. The molecule has 1 aromatic carbocycles. The Kier molecular flexibility index (Phi) is 4.66. The molecule has 0 aliphatic rings. The van der Waals surface area contributed by atoms with Crippen molar-refractivity contribution in [2.75, 3.05) is 0 Å². The number of benzene rings is 1. The maximum atomic E-state index is 13.1. The highest BCUT2D eigenvalue weighted by Crippen LogP contribution is 2.32. The van der Waals surface area contributed by atoms with E-state index in [1.165, 1.54) is 12.4 Å². The third kappa shape index (κ3) is 4.26. The number of hydrogen-bond donors (Lipinski definition) is 0. The minimum absolute atomic E-state index is 0.0651. The maximum absolute atomic E-state index is 13.1. The zero-order valence-electron chi connectivity index (χ0n) is 13.8. The van der Waals surface area contributed by atoms with E-state index in [2.05, 4.69) is 15.1 Å². The van der Waals surface area contributed by atoms with E-state index in [-0.39, 0.29) is 23.6 Å². The average Bonchev–Trinajstić information content (AvgIpc) is 3.00. The third-order valence-electron chi connectivity index (χ3n) is 3.69. The molecule has 0 atom stereocenters. The summed E-state index contributed by atoms with van der Waals surface area (Å²) in [5.41, 5.74) is -1.10. The van der Waals surface area contributed by atoms with Crippen molar-refractivity contribution in [3.05, 3.63) is 71.1 Å². The number of rotatable bonds is 3. The molecular weight excluding hydrogens is 374 g/mol. The van der Waals surface area contributed by atoms with Gasteiger partial charge in [-0.05, 0) is 42.8 Å². The molecule has 0 aliphatic carbocycles. The summed E-state index contributed by atoms with van der Waals surface area (Å²) in [5, 5.41) is 3.51. The Morgan fingerprint density at radius 1 is 0.889 bits per heavy atom. The molecule has 27 heavy (non-hydrogen) atoms. The molecule has 10 heteroatoms. The van der Waals surface area contributed by atoms with Crippen molar-refractivity contribution >= 4 is 0 Å². The topological polar surface area (TPSA) is 43.6 Å². The summed E-state index contributed by atoms with van der Waals surface area (Å²) in [4.78, 5) is 8.09. The van der Waals surface area contributed by atoms with Gasteiger partial charge in [-0.1, -0.05) is 0 Å². The molecule has 142 valence electrons. The van der Waals surface area contributed by atoms with Gasteiger partial charge in [0.25, 0.3) is 0 Å². The summed E-state index contributed by atoms with van der Waals surface area (Å²) in [6.07, 6.45) is -6.26. The Balaban J connectivity index is 2.02. The van der Waals surface area contributed by atoms with Crippen LogP contribution < -0.4 is 0 Å². The largest absolute Gasteiger partial charge is 0.435 e. The molecule has 3 rings (SSSR count). The van der Waals surface area contributed by atoms with Crippen LogP contribution in [0.3, 0.4) is 0 Å². The van der Waals surface area contributed by atoms with Crippen LogP contribution in [0.1, 0.15) is 28.3 Å². The molecule has 4 nitrogen and oxygen atoms in total. The van der Waals surface area contributed by atoms with Crippen molar-refractivity contribution in [2.45, 2.75) is 25.7 Å². The first-order valence-corrected chi connectivity index (χ1v) is 7.65. The highest BCUT2D eigenvalue weighted by atomic mass is 19.4. The molecule has 3 aromatic rings. The molecule has 0 saturated heterocycles. The second-order valence-corrected chi connectivity index (χ2v) is 5.83. The second-order valence-electron chi connectivity index (χ2n) is 5.83. The monoisotopic (exact) mass is 386 g/mol. The van der Waals surface area contributed by atoms with Crippen LogP contribution in [0.2, 0.25) is 0 Å². The first-order valence-electron chi connectivity index (χ1n) is 7.65. The van der Waals surface area contributed by atoms with Crippen LogP contribution in [-0.2, 0) is 18.8 Å². The molecule has 2 aromatic heterocycles. The van der Waals surface area contributed by atoms with Gasteiger partial charge in [-0.2, -0.15) is 31.4 Å². The van der Waals surface area contributed by atoms with Gasteiger partial charge in [0.15, 0.2) is 5.69 Å². The van der Waals surface area contributed by atoms with Gasteiger partial charge >= 0.3 is 12.4 Å². The van der Waals surface area contributed by atoms with Crippen molar-refractivity contribution in [1.29, 1.82) is 0 Å². The minimum atomic E-state index is -4.69. The van der Waals surface area contributed by atoms with Crippen molar-refractivity contribution in [3.63, 3.8) is 0 Å². The predicted molar refractivity (Wildman–Crippen MR) is 83.1 cm³/mol. The van der Waals surface area contributed by atoms with E-state index in [1.54, 1.807) is 6.92 Å². The van der Waals surface area contributed by atoms with Crippen molar-refractivity contribution < 1.29 is 26.3 Å². The molecular formula is C17H12F6N4.